The van der Waals surface area contributed by atoms with Crippen molar-refractivity contribution >= 4 is 5.97 Å². The van der Waals surface area contributed by atoms with E-state index in [2.05, 4.69) is 17.2 Å². The van der Waals surface area contributed by atoms with Gasteiger partial charge in [-0.15, -0.1) is 5.10 Å². The first-order valence-corrected chi connectivity index (χ1v) is 5.80. The molecule has 1 fully saturated rings. The molecule has 1 aromatic rings. The zero-order valence-electron chi connectivity index (χ0n) is 9.68. The van der Waals surface area contributed by atoms with Crippen LogP contribution in [0.1, 0.15) is 55.3 Å². The van der Waals surface area contributed by atoms with E-state index in [0.717, 1.165) is 18.5 Å². The number of rotatable bonds is 5. The van der Waals surface area contributed by atoms with Crippen LogP contribution >= 0.6 is 0 Å². The van der Waals surface area contributed by atoms with Crippen molar-refractivity contribution in [1.82, 2.24) is 15.0 Å². The summed E-state index contributed by atoms with van der Waals surface area (Å²) in [4.78, 5) is 11.0. The highest BCUT2D eigenvalue weighted by atomic mass is 16.4. The molecule has 0 radical (unpaired) electrons. The molecule has 5 heteroatoms. The number of carboxylic acids is 1. The molecule has 1 heterocycles. The maximum absolute atomic E-state index is 11.0. The predicted molar refractivity (Wildman–Crippen MR) is 58.4 cm³/mol. The van der Waals surface area contributed by atoms with Gasteiger partial charge in [-0.25, -0.2) is 9.48 Å². The number of aromatic carboxylic acids is 1. The lowest BCUT2D eigenvalue weighted by Crippen LogP contribution is -2.12. The summed E-state index contributed by atoms with van der Waals surface area (Å²) in [6.07, 6.45) is 4.13. The van der Waals surface area contributed by atoms with Gasteiger partial charge in [-0.3, -0.25) is 0 Å². The topological polar surface area (TPSA) is 68.0 Å². The number of hydrogen-bond donors (Lipinski definition) is 1. The van der Waals surface area contributed by atoms with Crippen LogP contribution in [0.2, 0.25) is 0 Å². The van der Waals surface area contributed by atoms with Gasteiger partial charge in [-0.1, -0.05) is 12.1 Å². The fraction of sp³-hybridized carbons (Fsp3) is 0.727. The van der Waals surface area contributed by atoms with E-state index in [0.29, 0.717) is 5.92 Å². The zero-order chi connectivity index (χ0) is 11.7. The van der Waals surface area contributed by atoms with Crippen LogP contribution in [0, 0.1) is 5.92 Å². The first-order chi connectivity index (χ1) is 7.63. The van der Waals surface area contributed by atoms with Crippen LogP contribution in [0.25, 0.3) is 0 Å². The second-order valence-corrected chi connectivity index (χ2v) is 4.54. The molecular formula is C11H17N3O2. The molecule has 0 aliphatic heterocycles. The van der Waals surface area contributed by atoms with E-state index >= 15 is 0 Å². The Balaban J connectivity index is 2.31. The average molecular weight is 223 g/mol. The second kappa shape index (κ2) is 4.23. The van der Waals surface area contributed by atoms with E-state index in [1.807, 2.05) is 6.92 Å². The van der Waals surface area contributed by atoms with Crippen molar-refractivity contribution in [3.63, 3.8) is 0 Å². The molecule has 0 spiro atoms. The lowest BCUT2D eigenvalue weighted by molar-refractivity contribution is 0.0689. The van der Waals surface area contributed by atoms with Gasteiger partial charge in [0.05, 0.1) is 11.7 Å². The number of aromatic nitrogens is 3. The largest absolute Gasteiger partial charge is 0.476 e. The molecule has 0 bridgehead atoms. The Hall–Kier alpha value is -1.39. The minimum Gasteiger partial charge on any atom is -0.476 e. The number of nitrogens with zero attached hydrogens (tertiary/aromatic N) is 3. The predicted octanol–water partition coefficient (Wildman–Crippen LogP) is 1.90. The fourth-order valence-corrected chi connectivity index (χ4v) is 1.79. The number of carboxylic acid groups (broad SMARTS) is 1. The Morgan fingerprint density at radius 3 is 2.81 bits per heavy atom. The molecule has 1 aliphatic rings. The Kier molecular flexibility index (Phi) is 2.94. The molecule has 0 aromatic carbocycles. The summed E-state index contributed by atoms with van der Waals surface area (Å²) in [5.41, 5.74) is 0.927. The summed E-state index contributed by atoms with van der Waals surface area (Å²) in [6, 6.07) is 0.217. The quantitative estimate of drug-likeness (QED) is 0.827. The van der Waals surface area contributed by atoms with E-state index in [9.17, 15) is 4.79 Å². The number of carbonyl (C=O) groups is 1. The van der Waals surface area contributed by atoms with Crippen molar-refractivity contribution in [2.45, 2.75) is 45.6 Å². The summed E-state index contributed by atoms with van der Waals surface area (Å²) in [7, 11) is 0. The zero-order valence-corrected chi connectivity index (χ0v) is 9.68. The maximum Gasteiger partial charge on any atom is 0.358 e. The standard InChI is InChI=1S/C11H17N3O2/c1-3-7(2)14-9(6-8-4-5-8)10(11(15)16)12-13-14/h7-8H,3-6H2,1-2H3,(H,15,16). The molecule has 2 rings (SSSR count). The van der Waals surface area contributed by atoms with Crippen LogP contribution < -0.4 is 0 Å². The summed E-state index contributed by atoms with van der Waals surface area (Å²) in [5, 5.41) is 16.8. The Morgan fingerprint density at radius 1 is 1.62 bits per heavy atom. The smallest absolute Gasteiger partial charge is 0.358 e. The highest BCUT2D eigenvalue weighted by Gasteiger charge is 2.28. The van der Waals surface area contributed by atoms with E-state index in [1.165, 1.54) is 12.8 Å². The summed E-state index contributed by atoms with van der Waals surface area (Å²) < 4.78 is 1.78. The van der Waals surface area contributed by atoms with Gasteiger partial charge in [-0.2, -0.15) is 0 Å². The van der Waals surface area contributed by atoms with Gasteiger partial charge in [-0.05, 0) is 38.5 Å². The van der Waals surface area contributed by atoms with Crippen LogP contribution in [-0.4, -0.2) is 26.1 Å². The van der Waals surface area contributed by atoms with Crippen LogP contribution in [0.4, 0.5) is 0 Å². The molecule has 1 N–H and O–H groups in total. The van der Waals surface area contributed by atoms with Crippen LogP contribution in [0.15, 0.2) is 0 Å². The molecule has 1 saturated carbocycles. The third-order valence-electron chi connectivity index (χ3n) is 3.18. The first-order valence-electron chi connectivity index (χ1n) is 5.80. The SMILES string of the molecule is CCC(C)n1nnc(C(=O)O)c1CC1CC1. The van der Waals surface area contributed by atoms with Gasteiger partial charge in [0.15, 0.2) is 5.69 Å². The van der Waals surface area contributed by atoms with Gasteiger partial charge in [0, 0.05) is 0 Å². The Labute approximate surface area is 94.5 Å². The van der Waals surface area contributed by atoms with Crippen LogP contribution in [0.5, 0.6) is 0 Å². The molecule has 1 atom stereocenters. The van der Waals surface area contributed by atoms with Crippen molar-refractivity contribution < 1.29 is 9.90 Å². The lowest BCUT2D eigenvalue weighted by atomic mass is 10.1. The van der Waals surface area contributed by atoms with Gasteiger partial charge in [0.2, 0.25) is 0 Å². The minimum absolute atomic E-state index is 0.132. The highest BCUT2D eigenvalue weighted by Crippen LogP contribution is 2.33. The van der Waals surface area contributed by atoms with E-state index in [4.69, 9.17) is 5.11 Å². The third-order valence-corrected chi connectivity index (χ3v) is 3.18. The summed E-state index contributed by atoms with van der Waals surface area (Å²) in [6.45, 7) is 4.10. The number of hydrogen-bond acceptors (Lipinski definition) is 3. The molecular weight excluding hydrogens is 206 g/mol. The minimum atomic E-state index is -0.967. The van der Waals surface area contributed by atoms with Gasteiger partial charge in [0.1, 0.15) is 0 Å². The van der Waals surface area contributed by atoms with Gasteiger partial charge >= 0.3 is 5.97 Å². The van der Waals surface area contributed by atoms with Crippen molar-refractivity contribution in [3.8, 4) is 0 Å². The highest BCUT2D eigenvalue weighted by molar-refractivity contribution is 5.86. The fourth-order valence-electron chi connectivity index (χ4n) is 1.79. The van der Waals surface area contributed by atoms with Crippen molar-refractivity contribution in [3.05, 3.63) is 11.4 Å². The molecule has 16 heavy (non-hydrogen) atoms. The lowest BCUT2D eigenvalue weighted by Gasteiger charge is -2.12. The molecule has 1 unspecified atom stereocenters. The molecule has 5 nitrogen and oxygen atoms in total. The Morgan fingerprint density at radius 2 is 2.31 bits per heavy atom. The summed E-state index contributed by atoms with van der Waals surface area (Å²) in [5.74, 6) is -0.329. The van der Waals surface area contributed by atoms with E-state index < -0.39 is 5.97 Å². The molecule has 88 valence electrons. The first kappa shape index (κ1) is 11.1. The van der Waals surface area contributed by atoms with E-state index in [1.54, 1.807) is 4.68 Å². The van der Waals surface area contributed by atoms with Crippen LogP contribution in [0.3, 0.4) is 0 Å². The van der Waals surface area contributed by atoms with Crippen LogP contribution in [-0.2, 0) is 6.42 Å². The molecule has 0 amide bonds. The normalized spacial score (nSPS) is 17.4. The third kappa shape index (κ3) is 2.08. The molecule has 0 saturated heterocycles. The van der Waals surface area contributed by atoms with E-state index in [-0.39, 0.29) is 11.7 Å². The molecule has 1 aromatic heterocycles. The second-order valence-electron chi connectivity index (χ2n) is 4.54. The van der Waals surface area contributed by atoms with Crippen molar-refractivity contribution in [2.75, 3.05) is 0 Å². The summed E-state index contributed by atoms with van der Waals surface area (Å²) >= 11 is 0. The average Bonchev–Trinajstić information content (AvgIpc) is 2.95. The van der Waals surface area contributed by atoms with Gasteiger partial charge in [0.25, 0.3) is 0 Å². The monoisotopic (exact) mass is 223 g/mol. The Bertz CT molecular complexity index is 396. The maximum atomic E-state index is 11.0. The van der Waals surface area contributed by atoms with Crippen molar-refractivity contribution in [1.29, 1.82) is 0 Å². The van der Waals surface area contributed by atoms with Gasteiger partial charge < -0.3 is 5.11 Å². The molecule has 1 aliphatic carbocycles. The van der Waals surface area contributed by atoms with Crippen molar-refractivity contribution in [2.24, 2.45) is 5.92 Å².